The molecule has 2 aromatic rings. The summed E-state index contributed by atoms with van der Waals surface area (Å²) >= 11 is 3.47. The van der Waals surface area contributed by atoms with Gasteiger partial charge in [-0.25, -0.2) is 13.6 Å². The summed E-state index contributed by atoms with van der Waals surface area (Å²) in [6.45, 7) is 3.67. The summed E-state index contributed by atoms with van der Waals surface area (Å²) < 4.78 is 24.1. The summed E-state index contributed by atoms with van der Waals surface area (Å²) in [6.07, 6.45) is 0. The van der Waals surface area contributed by atoms with Crippen molar-refractivity contribution in [1.29, 1.82) is 0 Å². The standard InChI is InChI=1S/C14H16BrN3O2S/c1-8-3-4-12(11(15)5-8)18-13-6-10(16)7-14(9(13)2)21(17,19)20/h3-7,18H,16H2,1-2H3,(H2,17,19,20). The molecule has 0 aliphatic rings. The maximum absolute atomic E-state index is 11.6. The highest BCUT2D eigenvalue weighted by atomic mass is 79.9. The van der Waals surface area contributed by atoms with Gasteiger partial charge in [-0.3, -0.25) is 0 Å². The number of sulfonamides is 1. The van der Waals surface area contributed by atoms with Gasteiger partial charge < -0.3 is 11.1 Å². The van der Waals surface area contributed by atoms with E-state index >= 15 is 0 Å². The van der Waals surface area contributed by atoms with Crippen LogP contribution >= 0.6 is 15.9 Å². The van der Waals surface area contributed by atoms with Gasteiger partial charge in [-0.15, -0.1) is 0 Å². The smallest absolute Gasteiger partial charge is 0.238 e. The van der Waals surface area contributed by atoms with Crippen LogP contribution in [-0.4, -0.2) is 8.42 Å². The minimum atomic E-state index is -3.82. The van der Waals surface area contributed by atoms with Gasteiger partial charge in [-0.05, 0) is 65.2 Å². The van der Waals surface area contributed by atoms with Crippen molar-refractivity contribution in [3.63, 3.8) is 0 Å². The second-order valence-corrected chi connectivity index (χ2v) is 7.23. The van der Waals surface area contributed by atoms with Crippen LogP contribution in [0.15, 0.2) is 39.7 Å². The van der Waals surface area contributed by atoms with Gasteiger partial charge in [0.2, 0.25) is 10.0 Å². The third kappa shape index (κ3) is 3.55. The lowest BCUT2D eigenvalue weighted by molar-refractivity contribution is 0.597. The van der Waals surface area contributed by atoms with Crippen LogP contribution in [0.2, 0.25) is 0 Å². The molecule has 0 saturated heterocycles. The molecule has 0 saturated carbocycles. The van der Waals surface area contributed by atoms with E-state index in [4.69, 9.17) is 10.9 Å². The van der Waals surface area contributed by atoms with Gasteiger partial charge in [0.1, 0.15) is 0 Å². The molecule has 2 aromatic carbocycles. The Morgan fingerprint density at radius 3 is 2.33 bits per heavy atom. The van der Waals surface area contributed by atoms with Crippen LogP contribution < -0.4 is 16.2 Å². The third-order valence-electron chi connectivity index (χ3n) is 3.08. The van der Waals surface area contributed by atoms with Crippen molar-refractivity contribution < 1.29 is 8.42 Å². The second kappa shape index (κ2) is 5.67. The molecule has 0 unspecified atom stereocenters. The number of aryl methyl sites for hydroxylation is 1. The van der Waals surface area contributed by atoms with E-state index in [0.717, 1.165) is 15.7 Å². The molecule has 2 rings (SSSR count). The van der Waals surface area contributed by atoms with Gasteiger partial charge in [0, 0.05) is 15.8 Å². The number of halogens is 1. The average molecular weight is 370 g/mol. The van der Waals surface area contributed by atoms with E-state index in [0.29, 0.717) is 16.9 Å². The predicted octanol–water partition coefficient (Wildman–Crippen LogP) is 3.04. The van der Waals surface area contributed by atoms with Crippen LogP contribution in [0.4, 0.5) is 17.1 Å². The van der Waals surface area contributed by atoms with Crippen molar-refractivity contribution in [2.24, 2.45) is 5.14 Å². The van der Waals surface area contributed by atoms with E-state index in [-0.39, 0.29) is 4.90 Å². The van der Waals surface area contributed by atoms with E-state index in [2.05, 4.69) is 21.2 Å². The number of primary sulfonamides is 1. The number of nitrogens with one attached hydrogen (secondary N) is 1. The number of nitrogens with two attached hydrogens (primary N) is 2. The fraction of sp³-hybridized carbons (Fsp3) is 0.143. The van der Waals surface area contributed by atoms with Crippen LogP contribution in [0.5, 0.6) is 0 Å². The van der Waals surface area contributed by atoms with Crippen molar-refractivity contribution in [2.45, 2.75) is 18.7 Å². The number of anilines is 3. The molecule has 0 amide bonds. The third-order valence-corrected chi connectivity index (χ3v) is 4.78. The topological polar surface area (TPSA) is 98.2 Å². The predicted molar refractivity (Wildman–Crippen MR) is 89.1 cm³/mol. The maximum Gasteiger partial charge on any atom is 0.238 e. The Kier molecular flexibility index (Phi) is 4.27. The molecular weight excluding hydrogens is 354 g/mol. The first kappa shape index (κ1) is 15.8. The quantitative estimate of drug-likeness (QED) is 0.724. The molecule has 0 atom stereocenters. The highest BCUT2D eigenvalue weighted by Crippen LogP contribution is 2.32. The molecule has 21 heavy (non-hydrogen) atoms. The van der Waals surface area contributed by atoms with E-state index in [1.54, 1.807) is 13.0 Å². The molecule has 0 bridgehead atoms. The molecule has 7 heteroatoms. The molecule has 0 spiro atoms. The molecular formula is C14H16BrN3O2S. The molecule has 0 fully saturated rings. The summed E-state index contributed by atoms with van der Waals surface area (Å²) in [5.74, 6) is 0. The lowest BCUT2D eigenvalue weighted by Crippen LogP contribution is -2.15. The van der Waals surface area contributed by atoms with Crippen molar-refractivity contribution >= 4 is 43.0 Å². The zero-order valence-corrected chi connectivity index (χ0v) is 14.0. The average Bonchev–Trinajstić information content (AvgIpc) is 2.35. The van der Waals surface area contributed by atoms with Crippen molar-refractivity contribution in [2.75, 3.05) is 11.1 Å². The normalized spacial score (nSPS) is 11.4. The molecule has 0 radical (unpaired) electrons. The number of benzene rings is 2. The van der Waals surface area contributed by atoms with Gasteiger partial charge in [-0.1, -0.05) is 6.07 Å². The fourth-order valence-electron chi connectivity index (χ4n) is 2.00. The Hall–Kier alpha value is -1.57. The van der Waals surface area contributed by atoms with Gasteiger partial charge in [0.25, 0.3) is 0 Å². The summed E-state index contributed by atoms with van der Waals surface area (Å²) in [5, 5.41) is 8.39. The zero-order valence-electron chi connectivity index (χ0n) is 11.6. The fourth-order valence-corrected chi connectivity index (χ4v) is 3.43. The first-order valence-corrected chi connectivity index (χ1v) is 8.48. The van der Waals surface area contributed by atoms with Gasteiger partial charge >= 0.3 is 0 Å². The van der Waals surface area contributed by atoms with Gasteiger partial charge in [0.15, 0.2) is 0 Å². The van der Waals surface area contributed by atoms with Crippen LogP contribution in [-0.2, 0) is 10.0 Å². The summed E-state index contributed by atoms with van der Waals surface area (Å²) in [7, 11) is -3.82. The first-order chi connectivity index (χ1) is 9.68. The molecule has 5 N–H and O–H groups in total. The zero-order chi connectivity index (χ0) is 15.8. The largest absolute Gasteiger partial charge is 0.399 e. The Bertz CT molecular complexity index is 804. The van der Waals surface area contributed by atoms with Crippen LogP contribution in [0, 0.1) is 13.8 Å². The molecule has 0 aromatic heterocycles. The Labute approximate surface area is 132 Å². The lowest BCUT2D eigenvalue weighted by Gasteiger charge is -2.15. The van der Waals surface area contributed by atoms with Gasteiger partial charge in [-0.2, -0.15) is 0 Å². The SMILES string of the molecule is Cc1ccc(Nc2cc(N)cc(S(N)(=O)=O)c2C)c(Br)c1. The monoisotopic (exact) mass is 369 g/mol. The number of hydrogen-bond acceptors (Lipinski definition) is 4. The minimum Gasteiger partial charge on any atom is -0.399 e. The van der Waals surface area contributed by atoms with Crippen molar-refractivity contribution in [3.8, 4) is 0 Å². The highest BCUT2D eigenvalue weighted by molar-refractivity contribution is 9.10. The second-order valence-electron chi connectivity index (χ2n) is 4.84. The molecule has 112 valence electrons. The maximum atomic E-state index is 11.6. The molecule has 0 heterocycles. The highest BCUT2D eigenvalue weighted by Gasteiger charge is 2.16. The molecule has 5 nitrogen and oxygen atoms in total. The Morgan fingerprint density at radius 2 is 1.76 bits per heavy atom. The molecule has 0 aliphatic carbocycles. The summed E-state index contributed by atoms with van der Waals surface area (Å²) in [4.78, 5) is 0.0215. The van der Waals surface area contributed by atoms with E-state index in [1.807, 2.05) is 25.1 Å². The Morgan fingerprint density at radius 1 is 1.10 bits per heavy atom. The summed E-state index contributed by atoms with van der Waals surface area (Å²) in [6, 6.07) is 8.86. The van der Waals surface area contributed by atoms with Crippen molar-refractivity contribution in [1.82, 2.24) is 0 Å². The van der Waals surface area contributed by atoms with Crippen LogP contribution in [0.25, 0.3) is 0 Å². The van der Waals surface area contributed by atoms with Crippen LogP contribution in [0.1, 0.15) is 11.1 Å². The van der Waals surface area contributed by atoms with E-state index in [9.17, 15) is 8.42 Å². The minimum absolute atomic E-state index is 0.0215. The summed E-state index contributed by atoms with van der Waals surface area (Å²) in [5.41, 5.74) is 9.15. The molecule has 0 aliphatic heterocycles. The first-order valence-electron chi connectivity index (χ1n) is 6.14. The lowest BCUT2D eigenvalue weighted by atomic mass is 10.1. The number of hydrogen-bond donors (Lipinski definition) is 3. The van der Waals surface area contributed by atoms with Gasteiger partial charge in [0.05, 0.1) is 10.6 Å². The number of rotatable bonds is 3. The van der Waals surface area contributed by atoms with E-state index in [1.165, 1.54) is 6.07 Å². The van der Waals surface area contributed by atoms with Crippen LogP contribution in [0.3, 0.4) is 0 Å². The van der Waals surface area contributed by atoms with E-state index < -0.39 is 10.0 Å². The number of nitrogen functional groups attached to an aromatic ring is 1. The Balaban J connectivity index is 2.52. The van der Waals surface area contributed by atoms with Crippen molar-refractivity contribution in [3.05, 3.63) is 45.9 Å².